The van der Waals surface area contributed by atoms with E-state index in [2.05, 4.69) is 9.88 Å². The maximum Gasteiger partial charge on any atom is 0.258 e. The van der Waals surface area contributed by atoms with Crippen LogP contribution < -0.4 is 5.56 Å². The van der Waals surface area contributed by atoms with Gasteiger partial charge in [0, 0.05) is 38.9 Å². The number of H-pyrrole nitrogens is 1. The number of hydrogen-bond donors (Lipinski definition) is 1. The minimum atomic E-state index is -0.200. The lowest BCUT2D eigenvalue weighted by molar-refractivity contribution is -0.119. The third-order valence-corrected chi connectivity index (χ3v) is 5.48. The molecule has 1 amide bonds. The van der Waals surface area contributed by atoms with Crippen molar-refractivity contribution in [2.75, 3.05) is 26.2 Å². The molecular weight excluding hydrogens is 395 g/mol. The summed E-state index contributed by atoms with van der Waals surface area (Å²) in [6, 6.07) is 16.2. The number of rotatable bonds is 3. The molecule has 0 radical (unpaired) electrons. The number of carbonyl (C=O) groups is 1. The zero-order valence-corrected chi connectivity index (χ0v) is 17.4. The largest absolute Gasteiger partial charge is 0.343 e. The SMILES string of the molecule is Cc1cc2[nH]c(=O)c3ccccc3n2c1.O=CN1CCN(Cc2ccc(F)cc2)CC1. The summed E-state index contributed by atoms with van der Waals surface area (Å²) < 4.78 is 14.7. The first-order chi connectivity index (χ1) is 15.0. The number of nitrogens with zero attached hydrogens (tertiary/aromatic N) is 3. The van der Waals surface area contributed by atoms with Gasteiger partial charge in [-0.25, -0.2) is 4.39 Å². The van der Waals surface area contributed by atoms with Gasteiger partial charge in [0.1, 0.15) is 11.5 Å². The summed E-state index contributed by atoms with van der Waals surface area (Å²) in [5, 5.41) is 0.723. The molecule has 0 spiro atoms. The fourth-order valence-corrected chi connectivity index (χ4v) is 3.83. The highest BCUT2D eigenvalue weighted by atomic mass is 19.1. The molecule has 2 aromatic heterocycles. The fourth-order valence-electron chi connectivity index (χ4n) is 3.83. The Kier molecular flexibility index (Phi) is 6.13. The highest BCUT2D eigenvalue weighted by molar-refractivity contribution is 5.80. The van der Waals surface area contributed by atoms with Gasteiger partial charge in [-0.15, -0.1) is 0 Å². The lowest BCUT2D eigenvalue weighted by atomic mass is 10.2. The molecule has 0 saturated carbocycles. The van der Waals surface area contributed by atoms with E-state index in [1.807, 2.05) is 47.9 Å². The molecule has 7 heteroatoms. The minimum Gasteiger partial charge on any atom is -0.343 e. The van der Waals surface area contributed by atoms with Crippen molar-refractivity contribution in [3.05, 3.63) is 88.1 Å². The number of benzene rings is 2. The summed E-state index contributed by atoms with van der Waals surface area (Å²) in [7, 11) is 0. The smallest absolute Gasteiger partial charge is 0.258 e. The highest BCUT2D eigenvalue weighted by Gasteiger charge is 2.15. The summed E-state index contributed by atoms with van der Waals surface area (Å²) >= 11 is 0. The number of piperazine rings is 1. The van der Waals surface area contributed by atoms with Crippen LogP contribution in [0, 0.1) is 12.7 Å². The molecule has 0 aliphatic carbocycles. The molecule has 31 heavy (non-hydrogen) atoms. The van der Waals surface area contributed by atoms with E-state index < -0.39 is 0 Å². The average molecular weight is 420 g/mol. The van der Waals surface area contributed by atoms with Gasteiger partial charge in [-0.3, -0.25) is 14.5 Å². The van der Waals surface area contributed by atoms with E-state index in [4.69, 9.17) is 0 Å². The monoisotopic (exact) mass is 420 g/mol. The van der Waals surface area contributed by atoms with Crippen molar-refractivity contribution in [2.45, 2.75) is 13.5 Å². The molecule has 4 aromatic rings. The van der Waals surface area contributed by atoms with Gasteiger partial charge in [-0.2, -0.15) is 0 Å². The Hall–Kier alpha value is -3.45. The van der Waals surface area contributed by atoms with Gasteiger partial charge in [0.25, 0.3) is 5.56 Å². The van der Waals surface area contributed by atoms with Gasteiger partial charge < -0.3 is 14.3 Å². The molecule has 3 heterocycles. The van der Waals surface area contributed by atoms with Crippen LogP contribution in [0.3, 0.4) is 0 Å². The molecule has 1 saturated heterocycles. The Morgan fingerprint density at radius 3 is 2.45 bits per heavy atom. The first-order valence-electron chi connectivity index (χ1n) is 10.3. The molecule has 160 valence electrons. The number of halogens is 1. The first-order valence-corrected chi connectivity index (χ1v) is 10.3. The van der Waals surface area contributed by atoms with Crippen molar-refractivity contribution in [1.29, 1.82) is 0 Å². The van der Waals surface area contributed by atoms with Gasteiger partial charge in [0.05, 0.1) is 10.9 Å². The third-order valence-electron chi connectivity index (χ3n) is 5.48. The van der Waals surface area contributed by atoms with E-state index in [1.54, 1.807) is 17.0 Å². The minimum absolute atomic E-state index is 0.0313. The second-order valence-electron chi connectivity index (χ2n) is 7.79. The third kappa shape index (κ3) is 4.83. The summed E-state index contributed by atoms with van der Waals surface area (Å²) in [5.74, 6) is -0.200. The standard InChI is InChI=1S/C12H15FN2O.C12H10N2O/c13-12-3-1-11(2-4-12)9-14-5-7-15(10-16)8-6-14;1-8-6-11-13-12(15)9-4-2-3-5-10(9)14(11)7-8/h1-4,10H,5-9H2;2-7H,1H3,(H,13,15). The van der Waals surface area contributed by atoms with Gasteiger partial charge in [-0.05, 0) is 48.4 Å². The number of hydrogen-bond acceptors (Lipinski definition) is 3. The van der Waals surface area contributed by atoms with E-state index in [0.717, 1.165) is 66.8 Å². The van der Waals surface area contributed by atoms with E-state index in [9.17, 15) is 14.0 Å². The quantitative estimate of drug-likeness (QED) is 0.518. The van der Waals surface area contributed by atoms with Crippen LogP contribution in [-0.2, 0) is 11.3 Å². The van der Waals surface area contributed by atoms with Crippen molar-refractivity contribution in [1.82, 2.24) is 19.2 Å². The zero-order chi connectivity index (χ0) is 21.8. The topological polar surface area (TPSA) is 60.8 Å². The van der Waals surface area contributed by atoms with Gasteiger partial charge in [-0.1, -0.05) is 24.3 Å². The van der Waals surface area contributed by atoms with E-state index >= 15 is 0 Å². The Morgan fingerprint density at radius 2 is 1.74 bits per heavy atom. The molecule has 0 atom stereocenters. The summed E-state index contributed by atoms with van der Waals surface area (Å²) in [4.78, 5) is 29.2. The predicted molar refractivity (Wildman–Crippen MR) is 120 cm³/mol. The number of fused-ring (bicyclic) bond motifs is 3. The van der Waals surface area contributed by atoms with Crippen LogP contribution in [-0.4, -0.2) is 51.8 Å². The van der Waals surface area contributed by atoms with E-state index in [1.165, 1.54) is 12.1 Å². The number of para-hydroxylation sites is 1. The Morgan fingerprint density at radius 1 is 1.03 bits per heavy atom. The maximum atomic E-state index is 12.7. The van der Waals surface area contributed by atoms with Crippen molar-refractivity contribution in [3.63, 3.8) is 0 Å². The average Bonchev–Trinajstić information content (AvgIpc) is 3.17. The summed E-state index contributed by atoms with van der Waals surface area (Å²) in [6.45, 7) is 6.18. The Labute approximate surface area is 179 Å². The molecule has 6 nitrogen and oxygen atoms in total. The van der Waals surface area contributed by atoms with Crippen molar-refractivity contribution < 1.29 is 9.18 Å². The van der Waals surface area contributed by atoms with Crippen LogP contribution in [0.5, 0.6) is 0 Å². The fraction of sp³-hybridized carbons (Fsp3) is 0.250. The molecule has 1 aliphatic heterocycles. The number of carbonyl (C=O) groups excluding carboxylic acids is 1. The highest BCUT2D eigenvalue weighted by Crippen LogP contribution is 2.14. The second-order valence-corrected chi connectivity index (χ2v) is 7.79. The Bertz CT molecular complexity index is 1240. The van der Waals surface area contributed by atoms with Gasteiger partial charge >= 0.3 is 0 Å². The molecule has 0 unspecified atom stereocenters. The molecule has 0 bridgehead atoms. The normalized spacial score (nSPS) is 14.5. The van der Waals surface area contributed by atoms with Crippen LogP contribution in [0.2, 0.25) is 0 Å². The van der Waals surface area contributed by atoms with Crippen LogP contribution in [0.15, 0.2) is 65.6 Å². The van der Waals surface area contributed by atoms with Gasteiger partial charge in [0.15, 0.2) is 0 Å². The number of amides is 1. The van der Waals surface area contributed by atoms with Crippen molar-refractivity contribution >= 4 is 23.0 Å². The van der Waals surface area contributed by atoms with Crippen LogP contribution >= 0.6 is 0 Å². The lowest BCUT2D eigenvalue weighted by Gasteiger charge is -2.32. The molecule has 1 N–H and O–H groups in total. The number of aromatic amines is 1. The maximum absolute atomic E-state index is 12.7. The molecular formula is C24H25FN4O2. The van der Waals surface area contributed by atoms with Crippen LogP contribution in [0.1, 0.15) is 11.1 Å². The van der Waals surface area contributed by atoms with E-state index in [0.29, 0.717) is 0 Å². The number of aromatic nitrogens is 2. The summed E-state index contributed by atoms with van der Waals surface area (Å²) in [6.07, 6.45) is 2.92. The van der Waals surface area contributed by atoms with Crippen molar-refractivity contribution in [2.24, 2.45) is 0 Å². The van der Waals surface area contributed by atoms with E-state index in [-0.39, 0.29) is 11.4 Å². The Balaban J connectivity index is 0.000000149. The predicted octanol–water partition coefficient (Wildman–Crippen LogP) is 3.19. The second kappa shape index (κ2) is 9.14. The number of aryl methyl sites for hydroxylation is 1. The zero-order valence-electron chi connectivity index (χ0n) is 17.4. The van der Waals surface area contributed by atoms with Crippen LogP contribution in [0.25, 0.3) is 16.6 Å². The first kappa shape index (κ1) is 20.8. The summed E-state index contributed by atoms with van der Waals surface area (Å²) in [5.41, 5.74) is 4.01. The molecule has 2 aromatic carbocycles. The van der Waals surface area contributed by atoms with Crippen LogP contribution in [0.4, 0.5) is 4.39 Å². The van der Waals surface area contributed by atoms with Gasteiger partial charge in [0.2, 0.25) is 6.41 Å². The molecule has 1 aliphatic rings. The van der Waals surface area contributed by atoms with Crippen molar-refractivity contribution in [3.8, 4) is 0 Å². The number of nitrogens with one attached hydrogen (secondary N) is 1. The molecule has 1 fully saturated rings. The lowest BCUT2D eigenvalue weighted by Crippen LogP contribution is -2.45. The molecule has 5 rings (SSSR count).